The number of nitrogens with zero attached hydrogens (tertiary/aromatic N) is 1. The summed E-state index contributed by atoms with van der Waals surface area (Å²) in [5.41, 5.74) is 3.81. The maximum atomic E-state index is 7.06. The molecule has 2 rings (SSSR count). The lowest BCUT2D eigenvalue weighted by molar-refractivity contribution is 1.02. The highest BCUT2D eigenvalue weighted by molar-refractivity contribution is 5.53. The predicted octanol–water partition coefficient (Wildman–Crippen LogP) is 3.37. The van der Waals surface area contributed by atoms with Gasteiger partial charge in [-0.15, -0.1) is 0 Å². The molecule has 16 heavy (non-hydrogen) atoms. The Morgan fingerprint density at radius 1 is 1.19 bits per heavy atom. The smallest absolute Gasteiger partial charge is 0.0449 e. The maximum absolute atomic E-state index is 7.06. The van der Waals surface area contributed by atoms with Gasteiger partial charge in [-0.05, 0) is 49.2 Å². The van der Waals surface area contributed by atoms with Crippen molar-refractivity contribution in [2.75, 3.05) is 0 Å². The summed E-state index contributed by atoms with van der Waals surface area (Å²) in [5, 5.41) is 7.06. The Kier molecular flexibility index (Phi) is 3.20. The molecule has 82 valence electrons. The number of benzene rings is 1. The Balaban J connectivity index is 2.27. The van der Waals surface area contributed by atoms with E-state index < -0.39 is 0 Å². The number of aromatic nitrogens is 1. The summed E-state index contributed by atoms with van der Waals surface area (Å²) in [7, 11) is 0. The molecule has 0 atom stereocenters. The zero-order chi connectivity index (χ0) is 11.4. The average molecular weight is 212 g/mol. The van der Waals surface area contributed by atoms with E-state index in [4.69, 9.17) is 5.41 Å². The topological polar surface area (TPSA) is 28.8 Å². The summed E-state index contributed by atoms with van der Waals surface area (Å²) in [6.07, 6.45) is 7.55. The normalized spacial score (nSPS) is 10.3. The zero-order valence-electron chi connectivity index (χ0n) is 9.48. The van der Waals surface area contributed by atoms with Gasteiger partial charge in [0.1, 0.15) is 0 Å². The Morgan fingerprint density at radius 3 is 2.62 bits per heavy atom. The van der Waals surface area contributed by atoms with Crippen LogP contribution in [0.3, 0.4) is 0 Å². The van der Waals surface area contributed by atoms with Gasteiger partial charge in [0.15, 0.2) is 0 Å². The molecule has 0 saturated carbocycles. The number of hydrogen-bond acceptors (Lipinski definition) is 1. The zero-order valence-corrected chi connectivity index (χ0v) is 9.48. The standard InChI is InChI=1S/C14H16N2/c1-12-10-16(11-13(12)6-5-9-15)14-7-3-2-4-8-14/h2-4,7-11,15H,5-6H2,1H3. The summed E-state index contributed by atoms with van der Waals surface area (Å²) in [6, 6.07) is 10.3. The third-order valence-electron chi connectivity index (χ3n) is 2.75. The fourth-order valence-electron chi connectivity index (χ4n) is 1.84. The summed E-state index contributed by atoms with van der Waals surface area (Å²) < 4.78 is 2.15. The lowest BCUT2D eigenvalue weighted by atomic mass is 10.1. The molecule has 0 saturated heterocycles. The molecule has 1 N–H and O–H groups in total. The molecule has 0 amide bonds. The van der Waals surface area contributed by atoms with Crippen LogP contribution in [0.5, 0.6) is 0 Å². The minimum atomic E-state index is 0.819. The van der Waals surface area contributed by atoms with Crippen LogP contribution in [0.15, 0.2) is 42.7 Å². The molecule has 0 aliphatic carbocycles. The highest BCUT2D eigenvalue weighted by Gasteiger charge is 2.03. The molecule has 2 aromatic rings. The van der Waals surface area contributed by atoms with Gasteiger partial charge < -0.3 is 9.98 Å². The number of rotatable bonds is 4. The molecule has 2 nitrogen and oxygen atoms in total. The highest BCUT2D eigenvalue weighted by Crippen LogP contribution is 2.16. The van der Waals surface area contributed by atoms with Gasteiger partial charge in [-0.25, -0.2) is 0 Å². The van der Waals surface area contributed by atoms with Gasteiger partial charge in [0.25, 0.3) is 0 Å². The van der Waals surface area contributed by atoms with Crippen LogP contribution in [0, 0.1) is 12.3 Å². The number of aryl methyl sites for hydroxylation is 2. The summed E-state index contributed by atoms with van der Waals surface area (Å²) in [6.45, 7) is 2.12. The first kappa shape index (κ1) is 10.7. The molecular weight excluding hydrogens is 196 g/mol. The van der Waals surface area contributed by atoms with Gasteiger partial charge in [-0.3, -0.25) is 0 Å². The van der Waals surface area contributed by atoms with Crippen LogP contribution >= 0.6 is 0 Å². The van der Waals surface area contributed by atoms with Gasteiger partial charge in [-0.2, -0.15) is 0 Å². The molecular formula is C14H16N2. The third kappa shape index (κ3) is 2.22. The Morgan fingerprint density at radius 2 is 1.94 bits per heavy atom. The molecule has 0 fully saturated rings. The van der Waals surface area contributed by atoms with Gasteiger partial charge in [0.2, 0.25) is 0 Å². The molecule has 1 aromatic carbocycles. The van der Waals surface area contributed by atoms with Crippen molar-refractivity contribution in [1.82, 2.24) is 4.57 Å². The second-order valence-corrected chi connectivity index (χ2v) is 3.95. The van der Waals surface area contributed by atoms with E-state index in [1.807, 2.05) is 18.2 Å². The van der Waals surface area contributed by atoms with Crippen molar-refractivity contribution in [3.63, 3.8) is 0 Å². The fraction of sp³-hybridized carbons (Fsp3) is 0.214. The molecule has 0 aliphatic heterocycles. The minimum absolute atomic E-state index is 0.819. The van der Waals surface area contributed by atoms with Crippen LogP contribution in [0.2, 0.25) is 0 Å². The number of para-hydroxylation sites is 1. The van der Waals surface area contributed by atoms with E-state index >= 15 is 0 Å². The van der Waals surface area contributed by atoms with Crippen molar-refractivity contribution >= 4 is 6.21 Å². The summed E-state index contributed by atoms with van der Waals surface area (Å²) in [5.74, 6) is 0. The van der Waals surface area contributed by atoms with E-state index in [2.05, 4.69) is 36.0 Å². The van der Waals surface area contributed by atoms with Crippen LogP contribution < -0.4 is 0 Å². The molecule has 0 bridgehead atoms. The highest BCUT2D eigenvalue weighted by atomic mass is 14.9. The quantitative estimate of drug-likeness (QED) is 0.753. The van der Waals surface area contributed by atoms with Crippen LogP contribution in [0.25, 0.3) is 5.69 Å². The van der Waals surface area contributed by atoms with Crippen molar-refractivity contribution in [2.24, 2.45) is 0 Å². The second-order valence-electron chi connectivity index (χ2n) is 3.95. The Bertz CT molecular complexity index is 469. The van der Waals surface area contributed by atoms with E-state index in [1.165, 1.54) is 23.0 Å². The van der Waals surface area contributed by atoms with Crippen molar-refractivity contribution in [3.05, 3.63) is 53.9 Å². The van der Waals surface area contributed by atoms with Crippen LogP contribution in [-0.2, 0) is 6.42 Å². The predicted molar refractivity (Wildman–Crippen MR) is 67.6 cm³/mol. The molecule has 0 radical (unpaired) electrons. The summed E-state index contributed by atoms with van der Waals surface area (Å²) in [4.78, 5) is 0. The van der Waals surface area contributed by atoms with E-state index in [0.29, 0.717) is 0 Å². The minimum Gasteiger partial charge on any atom is -0.323 e. The number of nitrogens with one attached hydrogen (secondary N) is 1. The van der Waals surface area contributed by atoms with E-state index in [1.54, 1.807) is 0 Å². The van der Waals surface area contributed by atoms with Gasteiger partial charge >= 0.3 is 0 Å². The first-order valence-corrected chi connectivity index (χ1v) is 5.53. The first-order chi connectivity index (χ1) is 7.81. The lowest BCUT2D eigenvalue weighted by Gasteiger charge is -2.00. The summed E-state index contributed by atoms with van der Waals surface area (Å²) >= 11 is 0. The van der Waals surface area contributed by atoms with Crippen molar-refractivity contribution < 1.29 is 0 Å². The molecule has 2 heteroatoms. The fourth-order valence-corrected chi connectivity index (χ4v) is 1.84. The van der Waals surface area contributed by atoms with E-state index in [9.17, 15) is 0 Å². The average Bonchev–Trinajstić information content (AvgIpc) is 2.69. The lowest BCUT2D eigenvalue weighted by Crippen LogP contribution is -1.88. The van der Waals surface area contributed by atoms with Crippen LogP contribution in [-0.4, -0.2) is 10.8 Å². The van der Waals surface area contributed by atoms with Crippen LogP contribution in [0.4, 0.5) is 0 Å². The maximum Gasteiger partial charge on any atom is 0.0449 e. The van der Waals surface area contributed by atoms with E-state index in [-0.39, 0.29) is 0 Å². The molecule has 1 heterocycles. The molecule has 0 aliphatic rings. The van der Waals surface area contributed by atoms with Crippen molar-refractivity contribution in [2.45, 2.75) is 19.8 Å². The van der Waals surface area contributed by atoms with Gasteiger partial charge in [-0.1, -0.05) is 18.2 Å². The van der Waals surface area contributed by atoms with Crippen molar-refractivity contribution in [3.8, 4) is 5.69 Å². The second kappa shape index (κ2) is 4.79. The monoisotopic (exact) mass is 212 g/mol. The van der Waals surface area contributed by atoms with Gasteiger partial charge in [0.05, 0.1) is 0 Å². The van der Waals surface area contributed by atoms with Gasteiger partial charge in [0, 0.05) is 18.1 Å². The van der Waals surface area contributed by atoms with Crippen LogP contribution in [0.1, 0.15) is 17.5 Å². The largest absolute Gasteiger partial charge is 0.323 e. The molecule has 0 unspecified atom stereocenters. The first-order valence-electron chi connectivity index (χ1n) is 5.53. The molecule has 0 spiro atoms. The Labute approximate surface area is 96.1 Å². The van der Waals surface area contributed by atoms with Crippen molar-refractivity contribution in [1.29, 1.82) is 5.41 Å². The molecule has 1 aromatic heterocycles. The third-order valence-corrected chi connectivity index (χ3v) is 2.75. The number of hydrogen-bond donors (Lipinski definition) is 1. The van der Waals surface area contributed by atoms with E-state index in [0.717, 1.165) is 12.8 Å². The SMILES string of the molecule is Cc1cn(-c2ccccc2)cc1CCC=N. The Hall–Kier alpha value is -1.83.